The van der Waals surface area contributed by atoms with Gasteiger partial charge in [0.15, 0.2) is 17.7 Å². The lowest BCUT2D eigenvalue weighted by atomic mass is 9.81. The van der Waals surface area contributed by atoms with Crippen LogP contribution in [0.2, 0.25) is 0 Å². The Bertz CT molecular complexity index is 2210. The molecule has 0 aliphatic carbocycles. The molecule has 3 atom stereocenters. The molecule has 4 aromatic rings. The van der Waals surface area contributed by atoms with Crippen molar-refractivity contribution in [1.82, 2.24) is 20.5 Å². The number of nitrogens with one attached hydrogen (secondary N) is 3. The maximum Gasteiger partial charge on any atom is 0.586 e. The van der Waals surface area contributed by atoms with E-state index >= 15 is 0 Å². The number of phenols is 1. The third-order valence-electron chi connectivity index (χ3n) is 10.1. The zero-order valence-corrected chi connectivity index (χ0v) is 30.4. The second kappa shape index (κ2) is 14.4. The summed E-state index contributed by atoms with van der Waals surface area (Å²) >= 11 is 0. The number of alkyl halides is 2. The Labute approximate surface area is 315 Å². The van der Waals surface area contributed by atoms with Gasteiger partial charge in [-0.25, -0.2) is 0 Å². The number of ether oxygens (including phenoxy) is 2. The van der Waals surface area contributed by atoms with Crippen molar-refractivity contribution in [2.75, 3.05) is 11.9 Å². The number of carbonyl (C=O) groups is 4. The van der Waals surface area contributed by atoms with E-state index in [9.17, 15) is 38.2 Å². The summed E-state index contributed by atoms with van der Waals surface area (Å²) in [5.74, 6) is -2.38. The maximum atomic E-state index is 13.9. The molecule has 0 saturated carbocycles. The minimum absolute atomic E-state index is 0.0640. The van der Waals surface area contributed by atoms with Gasteiger partial charge in [0.1, 0.15) is 17.3 Å². The number of hydrogen-bond donors (Lipinski definition) is 5. The van der Waals surface area contributed by atoms with Crippen LogP contribution in [0.25, 0.3) is 10.9 Å². The van der Waals surface area contributed by atoms with Crippen molar-refractivity contribution in [3.63, 3.8) is 0 Å². The molecule has 7 rings (SSSR count). The highest BCUT2D eigenvalue weighted by atomic mass is 19.3. The number of piperidine rings is 1. The number of pyridine rings is 1. The second-order valence-electron chi connectivity index (χ2n) is 14.9. The molecule has 4 heterocycles. The average Bonchev–Trinajstić information content (AvgIpc) is 3.58. The number of unbranched alkanes of at least 4 members (excludes halogenated alkanes) is 2. The predicted octanol–water partition coefficient (Wildman–Crippen LogP) is 5.69. The lowest BCUT2D eigenvalue weighted by molar-refractivity contribution is -0.286. The summed E-state index contributed by atoms with van der Waals surface area (Å²) in [5, 5.41) is 31.9. The smallest absolute Gasteiger partial charge is 0.505 e. The van der Waals surface area contributed by atoms with E-state index < -0.39 is 42.3 Å². The molecule has 3 unspecified atom stereocenters. The van der Waals surface area contributed by atoms with Gasteiger partial charge in [0.25, 0.3) is 5.91 Å². The molecule has 3 aliphatic rings. The lowest BCUT2D eigenvalue weighted by Gasteiger charge is -2.32. The van der Waals surface area contributed by atoms with E-state index in [2.05, 4.69) is 25.7 Å². The molecular weight excluding hydrogens is 716 g/mol. The fraction of sp³-hybridized carbons (Fsp3) is 0.375. The first-order valence-corrected chi connectivity index (χ1v) is 18.1. The summed E-state index contributed by atoms with van der Waals surface area (Å²) in [6.45, 7) is 6.51. The number of phenolic OH excluding ortho intramolecular Hbond substituents is 1. The molecule has 1 fully saturated rings. The van der Waals surface area contributed by atoms with Crippen LogP contribution >= 0.6 is 0 Å². The van der Waals surface area contributed by atoms with Gasteiger partial charge >= 0.3 is 6.29 Å². The molecule has 1 saturated heterocycles. The molecule has 1 aromatic heterocycles. The zero-order valence-electron chi connectivity index (χ0n) is 30.4. The number of nitrogens with zero attached hydrogens (tertiary/aromatic N) is 2. The summed E-state index contributed by atoms with van der Waals surface area (Å²) in [6.07, 6.45) is -1.60. The van der Waals surface area contributed by atoms with E-state index in [0.717, 1.165) is 15.8 Å². The lowest BCUT2D eigenvalue weighted by Crippen LogP contribution is -2.53. The van der Waals surface area contributed by atoms with E-state index in [-0.39, 0.29) is 53.4 Å². The molecule has 5 N–H and O–H groups in total. The van der Waals surface area contributed by atoms with Gasteiger partial charge in [-0.3, -0.25) is 34.4 Å². The first-order chi connectivity index (χ1) is 26.1. The van der Waals surface area contributed by atoms with Crippen LogP contribution in [0.3, 0.4) is 0 Å². The number of aromatic nitrogens is 1. The molecule has 55 heavy (non-hydrogen) atoms. The Hall–Kier alpha value is -5.83. The molecule has 13 nitrogen and oxygen atoms in total. The van der Waals surface area contributed by atoms with Gasteiger partial charge < -0.3 is 30.3 Å². The van der Waals surface area contributed by atoms with Crippen LogP contribution in [0.4, 0.5) is 14.5 Å². The Morgan fingerprint density at radius 2 is 1.84 bits per heavy atom. The third kappa shape index (κ3) is 7.35. The molecule has 4 amide bonds. The average molecular weight is 758 g/mol. The highest BCUT2D eigenvalue weighted by Gasteiger charge is 2.46. The van der Waals surface area contributed by atoms with E-state index in [0.29, 0.717) is 53.7 Å². The minimum Gasteiger partial charge on any atom is -0.505 e. The number of carbonyl (C=O) groups excluding carboxylic acids is 4. The van der Waals surface area contributed by atoms with Gasteiger partial charge in [0, 0.05) is 53.3 Å². The van der Waals surface area contributed by atoms with Gasteiger partial charge in [-0.1, -0.05) is 45.4 Å². The molecule has 3 aliphatic heterocycles. The number of imide groups is 1. The number of aromatic hydroxyl groups is 1. The van der Waals surface area contributed by atoms with Crippen LogP contribution in [-0.4, -0.2) is 62.6 Å². The van der Waals surface area contributed by atoms with Gasteiger partial charge in [-0.2, -0.15) is 0 Å². The number of amides is 4. The van der Waals surface area contributed by atoms with Gasteiger partial charge in [-0.05, 0) is 72.2 Å². The van der Waals surface area contributed by atoms with Crippen molar-refractivity contribution in [2.24, 2.45) is 0 Å². The van der Waals surface area contributed by atoms with E-state index in [1.165, 1.54) is 18.2 Å². The fourth-order valence-electron chi connectivity index (χ4n) is 7.45. The minimum atomic E-state index is -3.84. The van der Waals surface area contributed by atoms with E-state index in [1.54, 1.807) is 30.5 Å². The highest BCUT2D eigenvalue weighted by molar-refractivity contribution is 6.06. The van der Waals surface area contributed by atoms with Gasteiger partial charge in [0.2, 0.25) is 17.7 Å². The van der Waals surface area contributed by atoms with Crippen molar-refractivity contribution in [2.45, 2.75) is 89.3 Å². The molecule has 288 valence electrons. The summed E-state index contributed by atoms with van der Waals surface area (Å²) in [5.41, 5.74) is 2.71. The first kappa shape index (κ1) is 37.5. The quantitative estimate of drug-likeness (QED) is 0.0943. The molecule has 15 heteroatoms. The Morgan fingerprint density at radius 1 is 1.05 bits per heavy atom. The van der Waals surface area contributed by atoms with Crippen molar-refractivity contribution in [3.8, 4) is 17.2 Å². The van der Waals surface area contributed by atoms with Crippen molar-refractivity contribution in [3.05, 3.63) is 88.6 Å². The summed E-state index contributed by atoms with van der Waals surface area (Å²) in [4.78, 5) is 56.4. The number of aliphatic hydroxyl groups excluding tert-OH is 1. The monoisotopic (exact) mass is 757 g/mol. The van der Waals surface area contributed by atoms with Crippen LogP contribution < -0.4 is 25.4 Å². The SMILES string of the molecule is CC(C)(C)c1cc(C(NC(=O)CCCCCNc2cccc3c2C(O)N(C2CCC(=O)NC2=O)C3=O)c2ccc3c(c2)OC(F)(F)O3)c(O)c2ncccc12. The fourth-order valence-corrected chi connectivity index (χ4v) is 7.45. The van der Waals surface area contributed by atoms with Gasteiger partial charge in [0.05, 0.1) is 6.04 Å². The largest absolute Gasteiger partial charge is 0.586 e. The van der Waals surface area contributed by atoms with Crippen LogP contribution in [0.15, 0.2) is 60.8 Å². The van der Waals surface area contributed by atoms with Crippen LogP contribution in [0, 0.1) is 0 Å². The normalized spacial score (nSPS) is 19.3. The third-order valence-corrected chi connectivity index (χ3v) is 10.1. The van der Waals surface area contributed by atoms with Crippen molar-refractivity contribution >= 4 is 40.2 Å². The number of rotatable bonds is 11. The summed E-state index contributed by atoms with van der Waals surface area (Å²) < 4.78 is 37.2. The number of anilines is 1. The van der Waals surface area contributed by atoms with Gasteiger partial charge in [-0.15, -0.1) is 8.78 Å². The zero-order chi connectivity index (χ0) is 39.2. The standard InChI is InChI=1S/C40H41F2N5O8/c1-39(2,3)25-20-24(35(50)34-22(25)10-8-18-44-34)33(21-13-15-28-29(19-21)55-40(41,42)54-28)45-30(48)12-5-4-6-17-43-26-11-7-9-23-32(26)38(53)47(37(23)52)27-14-16-31(49)46-36(27)51/h7-11,13,15,18-20,27,33,38,43,50,53H,4-6,12,14,16-17H2,1-3H3,(H,45,48)(H,46,49,51). The number of hydrogen-bond acceptors (Lipinski definition) is 10. The molecule has 0 radical (unpaired) electrons. The first-order valence-electron chi connectivity index (χ1n) is 18.1. The molecule has 0 spiro atoms. The number of benzene rings is 3. The van der Waals surface area contributed by atoms with Crippen LogP contribution in [0.1, 0.15) is 104 Å². The number of halogens is 2. The molecular formula is C40H41F2N5O8. The van der Waals surface area contributed by atoms with E-state index in [4.69, 9.17) is 4.74 Å². The van der Waals surface area contributed by atoms with Crippen LogP contribution in [-0.2, 0) is 19.8 Å². The van der Waals surface area contributed by atoms with Crippen LogP contribution in [0.5, 0.6) is 17.2 Å². The van der Waals surface area contributed by atoms with Crippen molar-refractivity contribution < 1.29 is 47.6 Å². The highest BCUT2D eigenvalue weighted by Crippen LogP contribution is 2.45. The molecule has 0 bridgehead atoms. The Balaban J connectivity index is 1.02. The Morgan fingerprint density at radius 3 is 2.60 bits per heavy atom. The van der Waals surface area contributed by atoms with E-state index in [1.807, 2.05) is 32.9 Å². The summed E-state index contributed by atoms with van der Waals surface area (Å²) in [7, 11) is 0. The topological polar surface area (TPSA) is 179 Å². The number of aliphatic hydroxyl groups is 1. The number of fused-ring (bicyclic) bond motifs is 3. The molecule has 3 aromatic carbocycles. The maximum absolute atomic E-state index is 13.9. The van der Waals surface area contributed by atoms with Crippen molar-refractivity contribution in [1.29, 1.82) is 0 Å². The summed E-state index contributed by atoms with van der Waals surface area (Å²) in [6, 6.07) is 12.7. The Kier molecular flexibility index (Phi) is 9.84. The predicted molar refractivity (Wildman–Crippen MR) is 195 cm³/mol. The second-order valence-corrected chi connectivity index (χ2v) is 14.9.